The van der Waals surface area contributed by atoms with Crippen molar-refractivity contribution in [3.63, 3.8) is 0 Å². The largest absolute Gasteiger partial charge is 0.342 e. The molecule has 0 spiro atoms. The molecule has 2 fully saturated rings. The fourth-order valence-corrected chi connectivity index (χ4v) is 3.14. The minimum absolute atomic E-state index is 0. The fraction of sp³-hybridized carbons (Fsp3) is 0.733. The first-order valence-corrected chi connectivity index (χ1v) is 7.67. The van der Waals surface area contributed by atoms with E-state index in [2.05, 4.69) is 22.2 Å². The second-order valence-corrected chi connectivity index (χ2v) is 6.14. The number of nitrogens with zero attached hydrogens (tertiary/aromatic N) is 3. The molecule has 2 aliphatic rings. The van der Waals surface area contributed by atoms with Crippen molar-refractivity contribution in [3.8, 4) is 0 Å². The van der Waals surface area contributed by atoms with E-state index < -0.39 is 0 Å². The van der Waals surface area contributed by atoms with Crippen LogP contribution in [-0.2, 0) is 11.8 Å². The van der Waals surface area contributed by atoms with Gasteiger partial charge in [-0.15, -0.1) is 12.4 Å². The second-order valence-electron chi connectivity index (χ2n) is 6.14. The average molecular weight is 313 g/mol. The fourth-order valence-electron chi connectivity index (χ4n) is 3.14. The molecular weight excluding hydrogens is 288 g/mol. The summed E-state index contributed by atoms with van der Waals surface area (Å²) in [5.41, 5.74) is 1.18. The zero-order chi connectivity index (χ0) is 14.1. The van der Waals surface area contributed by atoms with Crippen LogP contribution in [0.4, 0.5) is 0 Å². The van der Waals surface area contributed by atoms with Gasteiger partial charge in [-0.2, -0.15) is 5.10 Å². The smallest absolute Gasteiger partial charge is 0.227 e. The Morgan fingerprint density at radius 2 is 2.24 bits per heavy atom. The zero-order valence-corrected chi connectivity index (χ0v) is 13.6. The Morgan fingerprint density at radius 3 is 2.81 bits per heavy atom. The minimum Gasteiger partial charge on any atom is -0.342 e. The topological polar surface area (TPSA) is 50.2 Å². The number of carbonyl (C=O) groups excluding carboxylic acids is 1. The van der Waals surface area contributed by atoms with Crippen LogP contribution in [0.5, 0.6) is 0 Å². The van der Waals surface area contributed by atoms with Gasteiger partial charge in [0.1, 0.15) is 0 Å². The van der Waals surface area contributed by atoms with E-state index in [0.29, 0.717) is 5.91 Å². The number of hydrogen-bond donors (Lipinski definition) is 1. The Labute approximate surface area is 132 Å². The molecule has 1 N–H and O–H groups in total. The lowest BCUT2D eigenvalue weighted by Crippen LogP contribution is -2.39. The van der Waals surface area contributed by atoms with Gasteiger partial charge in [0.05, 0.1) is 12.1 Å². The highest BCUT2D eigenvalue weighted by molar-refractivity contribution is 5.85. The van der Waals surface area contributed by atoms with E-state index in [9.17, 15) is 4.79 Å². The molecule has 3 rings (SSSR count). The van der Waals surface area contributed by atoms with Crippen LogP contribution in [0, 0.1) is 11.8 Å². The standard InChI is InChI=1S/C15H24N4O.ClH/c1-3-19(9-11-4-5-11)15(20)14-8-16-7-13(14)12-6-17-18(2)10-12;/h6,10-11,13-14,16H,3-5,7-9H2,1-2H3;1H/t13-,14+;/m1./s1. The predicted molar refractivity (Wildman–Crippen MR) is 84.5 cm³/mol. The minimum atomic E-state index is 0. The van der Waals surface area contributed by atoms with Crippen molar-refractivity contribution in [2.45, 2.75) is 25.7 Å². The van der Waals surface area contributed by atoms with Gasteiger partial charge in [0.25, 0.3) is 0 Å². The van der Waals surface area contributed by atoms with E-state index in [-0.39, 0.29) is 24.2 Å². The molecule has 1 aromatic rings. The van der Waals surface area contributed by atoms with Gasteiger partial charge in [0.15, 0.2) is 0 Å². The third-order valence-electron chi connectivity index (χ3n) is 4.55. The summed E-state index contributed by atoms with van der Waals surface area (Å²) in [7, 11) is 1.92. The van der Waals surface area contributed by atoms with Crippen LogP contribution in [0.1, 0.15) is 31.2 Å². The van der Waals surface area contributed by atoms with Gasteiger partial charge in [0, 0.05) is 45.3 Å². The summed E-state index contributed by atoms with van der Waals surface area (Å²) in [6, 6.07) is 0. The molecule has 0 aromatic carbocycles. The van der Waals surface area contributed by atoms with Gasteiger partial charge in [-0.3, -0.25) is 9.48 Å². The number of aromatic nitrogens is 2. The van der Waals surface area contributed by atoms with E-state index in [1.165, 1.54) is 18.4 Å². The maximum Gasteiger partial charge on any atom is 0.227 e. The highest BCUT2D eigenvalue weighted by Gasteiger charge is 2.38. The van der Waals surface area contributed by atoms with Crippen LogP contribution >= 0.6 is 12.4 Å². The summed E-state index contributed by atoms with van der Waals surface area (Å²) < 4.78 is 1.82. The third kappa shape index (κ3) is 3.58. The Morgan fingerprint density at radius 1 is 1.48 bits per heavy atom. The first-order valence-electron chi connectivity index (χ1n) is 7.67. The molecule has 1 aromatic heterocycles. The number of nitrogens with one attached hydrogen (secondary N) is 1. The van der Waals surface area contributed by atoms with Crippen LogP contribution in [0.25, 0.3) is 0 Å². The van der Waals surface area contributed by atoms with Gasteiger partial charge in [-0.25, -0.2) is 0 Å². The summed E-state index contributed by atoms with van der Waals surface area (Å²) in [5, 5.41) is 7.62. The lowest BCUT2D eigenvalue weighted by Gasteiger charge is -2.26. The molecule has 1 amide bonds. The Hall–Kier alpha value is -1.07. The lowest BCUT2D eigenvalue weighted by molar-refractivity contribution is -0.135. The summed E-state index contributed by atoms with van der Waals surface area (Å²) in [6.07, 6.45) is 6.52. The molecule has 0 unspecified atom stereocenters. The van der Waals surface area contributed by atoms with Crippen molar-refractivity contribution < 1.29 is 4.79 Å². The second kappa shape index (κ2) is 6.79. The van der Waals surface area contributed by atoms with Crippen LogP contribution in [0.3, 0.4) is 0 Å². The van der Waals surface area contributed by atoms with E-state index in [4.69, 9.17) is 0 Å². The summed E-state index contributed by atoms with van der Waals surface area (Å²) in [6.45, 7) is 5.53. The van der Waals surface area contributed by atoms with Crippen molar-refractivity contribution in [3.05, 3.63) is 18.0 Å². The van der Waals surface area contributed by atoms with E-state index >= 15 is 0 Å². The average Bonchev–Trinajstić information content (AvgIpc) is 2.95. The third-order valence-corrected chi connectivity index (χ3v) is 4.55. The van der Waals surface area contributed by atoms with E-state index in [1.54, 1.807) is 0 Å². The lowest BCUT2D eigenvalue weighted by atomic mass is 9.89. The maximum atomic E-state index is 12.8. The van der Waals surface area contributed by atoms with Crippen molar-refractivity contribution in [2.24, 2.45) is 18.9 Å². The summed E-state index contributed by atoms with van der Waals surface area (Å²) in [4.78, 5) is 14.8. The molecule has 2 heterocycles. The summed E-state index contributed by atoms with van der Waals surface area (Å²) in [5.74, 6) is 1.41. The van der Waals surface area contributed by atoms with E-state index in [0.717, 1.165) is 32.1 Å². The van der Waals surface area contributed by atoms with E-state index in [1.807, 2.05) is 24.1 Å². The van der Waals surface area contributed by atoms with Crippen LogP contribution in [0.2, 0.25) is 0 Å². The van der Waals surface area contributed by atoms with Crippen molar-refractivity contribution >= 4 is 18.3 Å². The summed E-state index contributed by atoms with van der Waals surface area (Å²) >= 11 is 0. The molecule has 1 aliphatic heterocycles. The van der Waals surface area contributed by atoms with Gasteiger partial charge in [0.2, 0.25) is 5.91 Å². The van der Waals surface area contributed by atoms with Crippen molar-refractivity contribution in [1.82, 2.24) is 20.0 Å². The SMILES string of the molecule is CCN(CC1CC1)C(=O)[C@H]1CNC[C@@H]1c1cnn(C)c1.Cl. The highest BCUT2D eigenvalue weighted by atomic mass is 35.5. The molecule has 0 bridgehead atoms. The molecule has 1 aliphatic carbocycles. The molecule has 6 heteroatoms. The normalized spacial score (nSPS) is 24.7. The van der Waals surface area contributed by atoms with Crippen LogP contribution < -0.4 is 5.32 Å². The number of hydrogen-bond acceptors (Lipinski definition) is 3. The maximum absolute atomic E-state index is 12.8. The van der Waals surface area contributed by atoms with Crippen molar-refractivity contribution in [1.29, 1.82) is 0 Å². The quantitative estimate of drug-likeness (QED) is 0.894. The molecule has 21 heavy (non-hydrogen) atoms. The molecule has 118 valence electrons. The molecule has 5 nitrogen and oxygen atoms in total. The monoisotopic (exact) mass is 312 g/mol. The van der Waals surface area contributed by atoms with Gasteiger partial charge < -0.3 is 10.2 Å². The molecule has 2 atom stereocenters. The van der Waals surface area contributed by atoms with Gasteiger partial charge in [-0.05, 0) is 31.2 Å². The Kier molecular flexibility index (Phi) is 5.27. The molecule has 1 saturated carbocycles. The van der Waals surface area contributed by atoms with Crippen molar-refractivity contribution in [2.75, 3.05) is 26.2 Å². The number of amides is 1. The molecule has 0 radical (unpaired) electrons. The van der Waals surface area contributed by atoms with Crippen LogP contribution in [-0.4, -0.2) is 46.8 Å². The van der Waals surface area contributed by atoms with Crippen LogP contribution in [0.15, 0.2) is 12.4 Å². The number of rotatable bonds is 5. The predicted octanol–water partition coefficient (Wildman–Crippen LogP) is 1.40. The Balaban J connectivity index is 0.00000161. The molecular formula is C15H25ClN4O. The zero-order valence-electron chi connectivity index (χ0n) is 12.8. The number of carbonyl (C=O) groups is 1. The first kappa shape index (κ1) is 16.3. The Bertz CT molecular complexity index is 486. The number of halogens is 1. The highest BCUT2D eigenvalue weighted by Crippen LogP contribution is 2.33. The number of aryl methyl sites for hydroxylation is 1. The molecule has 1 saturated heterocycles. The van der Waals surface area contributed by atoms with Gasteiger partial charge in [-0.1, -0.05) is 0 Å². The first-order chi connectivity index (χ1) is 9.69. The van der Waals surface area contributed by atoms with Gasteiger partial charge >= 0.3 is 0 Å².